The first-order valence-corrected chi connectivity index (χ1v) is 21.7. The number of hydrogen-bond acceptors (Lipinski definition) is 5. The third kappa shape index (κ3) is 9.97. The molecule has 2 aromatic carbocycles. The van der Waals surface area contributed by atoms with Crippen LogP contribution in [0.2, 0.25) is 0 Å². The van der Waals surface area contributed by atoms with Crippen LogP contribution in [0.1, 0.15) is 138 Å². The molecule has 0 fully saturated rings. The lowest BCUT2D eigenvalue weighted by Crippen LogP contribution is -2.35. The third-order valence-corrected chi connectivity index (χ3v) is 11.8. The highest BCUT2D eigenvalue weighted by atomic mass is 16.6. The van der Waals surface area contributed by atoms with Crippen molar-refractivity contribution in [1.82, 2.24) is 0 Å². The number of methoxy groups -OCH3 is 1. The SMILES string of the molecule is C=C/C=C\C1=C(C)c2c3c(c4c(c2C1(CCCC)CCCCCCCC)C=CC(C/C=C\C(=C/C=C)OC)(c1ccc(OCCOC(=O)CC)cc1)O4)C=CC=CC3. The molecule has 0 radical (unpaired) electrons. The predicted octanol–water partition coefficient (Wildman–Crippen LogP) is 13.8. The van der Waals surface area contributed by atoms with E-state index in [2.05, 4.69) is 101 Å². The molecule has 0 aromatic heterocycles. The molecule has 58 heavy (non-hydrogen) atoms. The van der Waals surface area contributed by atoms with E-state index < -0.39 is 5.60 Å². The average molecular weight is 783 g/mol. The highest BCUT2D eigenvalue weighted by Crippen LogP contribution is 2.59. The summed E-state index contributed by atoms with van der Waals surface area (Å²) in [6.07, 6.45) is 41.4. The Labute approximate surface area is 349 Å². The fourth-order valence-electron chi connectivity index (χ4n) is 8.93. The molecule has 308 valence electrons. The molecule has 1 heterocycles. The van der Waals surface area contributed by atoms with Crippen molar-refractivity contribution in [2.45, 2.75) is 122 Å². The third-order valence-electron chi connectivity index (χ3n) is 11.8. The molecule has 0 saturated heterocycles. The Bertz CT molecular complexity index is 1970. The number of carbonyl (C=O) groups excluding carboxylic acids is 1. The van der Waals surface area contributed by atoms with Crippen molar-refractivity contribution in [2.24, 2.45) is 0 Å². The van der Waals surface area contributed by atoms with Gasteiger partial charge in [-0.3, -0.25) is 4.79 Å². The number of rotatable bonds is 23. The number of benzene rings is 2. The summed E-state index contributed by atoms with van der Waals surface area (Å²) in [7, 11) is 1.67. The number of hydrogen-bond donors (Lipinski definition) is 0. The van der Waals surface area contributed by atoms with Gasteiger partial charge in [0.15, 0.2) is 5.60 Å². The maximum atomic E-state index is 11.6. The minimum absolute atomic E-state index is 0.139. The van der Waals surface area contributed by atoms with Gasteiger partial charge in [0.05, 0.1) is 7.11 Å². The van der Waals surface area contributed by atoms with Crippen molar-refractivity contribution in [3.05, 3.63) is 149 Å². The Hall–Kier alpha value is -5.03. The van der Waals surface area contributed by atoms with Crippen LogP contribution >= 0.6 is 0 Å². The quantitative estimate of drug-likeness (QED) is 0.0486. The van der Waals surface area contributed by atoms with Crippen LogP contribution in [0.4, 0.5) is 0 Å². The lowest BCUT2D eigenvalue weighted by atomic mass is 9.67. The molecular formula is C53H66O5. The summed E-state index contributed by atoms with van der Waals surface area (Å²) in [6.45, 7) is 17.2. The molecule has 2 aliphatic carbocycles. The van der Waals surface area contributed by atoms with Gasteiger partial charge in [0.1, 0.15) is 30.5 Å². The normalized spacial score (nSPS) is 19.5. The molecule has 2 atom stereocenters. The van der Waals surface area contributed by atoms with Gasteiger partial charge in [0.2, 0.25) is 0 Å². The Kier molecular flexibility index (Phi) is 16.5. The molecule has 5 nitrogen and oxygen atoms in total. The Morgan fingerprint density at radius 2 is 1.66 bits per heavy atom. The summed E-state index contributed by atoms with van der Waals surface area (Å²) in [6, 6.07) is 8.12. The van der Waals surface area contributed by atoms with Crippen molar-refractivity contribution >= 4 is 23.7 Å². The fourth-order valence-corrected chi connectivity index (χ4v) is 8.93. The van der Waals surface area contributed by atoms with Crippen molar-refractivity contribution < 1.29 is 23.7 Å². The molecule has 5 rings (SSSR count). The molecular weight excluding hydrogens is 717 g/mol. The minimum Gasteiger partial charge on any atom is -0.497 e. The predicted molar refractivity (Wildman–Crippen MR) is 243 cm³/mol. The Balaban J connectivity index is 1.67. The van der Waals surface area contributed by atoms with Gasteiger partial charge in [0, 0.05) is 29.4 Å². The van der Waals surface area contributed by atoms with Crippen molar-refractivity contribution in [3.8, 4) is 11.5 Å². The number of unbranched alkanes of at least 4 members (excludes halogenated alkanes) is 6. The van der Waals surface area contributed by atoms with Crippen LogP contribution in [0, 0.1) is 0 Å². The zero-order valence-corrected chi connectivity index (χ0v) is 35.9. The number of fused-ring (bicyclic) bond motifs is 6. The molecule has 2 unspecified atom stereocenters. The highest BCUT2D eigenvalue weighted by Gasteiger charge is 2.47. The number of ether oxygens (including phenoxy) is 4. The van der Waals surface area contributed by atoms with Gasteiger partial charge in [-0.1, -0.05) is 158 Å². The van der Waals surface area contributed by atoms with Crippen LogP contribution in [-0.4, -0.2) is 26.3 Å². The fraction of sp³-hybridized carbons (Fsp3) is 0.415. The number of allylic oxidation sites excluding steroid dienone is 11. The van der Waals surface area contributed by atoms with E-state index in [0.29, 0.717) is 18.6 Å². The van der Waals surface area contributed by atoms with E-state index in [1.165, 1.54) is 71.9 Å². The van der Waals surface area contributed by atoms with E-state index in [1.54, 1.807) is 20.1 Å². The Morgan fingerprint density at radius 1 is 0.897 bits per heavy atom. The highest BCUT2D eigenvalue weighted by molar-refractivity contribution is 5.92. The van der Waals surface area contributed by atoms with Gasteiger partial charge in [-0.05, 0) is 89.9 Å². The van der Waals surface area contributed by atoms with Crippen LogP contribution in [-0.2, 0) is 31.7 Å². The zero-order chi connectivity index (χ0) is 41.4. The summed E-state index contributed by atoms with van der Waals surface area (Å²) in [5.41, 5.74) is 9.41. The van der Waals surface area contributed by atoms with Crippen molar-refractivity contribution in [1.29, 1.82) is 0 Å². The summed E-state index contributed by atoms with van der Waals surface area (Å²) in [4.78, 5) is 11.6. The van der Waals surface area contributed by atoms with E-state index in [9.17, 15) is 4.79 Å². The maximum absolute atomic E-state index is 11.6. The largest absolute Gasteiger partial charge is 0.497 e. The van der Waals surface area contributed by atoms with Crippen LogP contribution in [0.25, 0.3) is 17.7 Å². The first-order valence-electron chi connectivity index (χ1n) is 21.7. The maximum Gasteiger partial charge on any atom is 0.305 e. The van der Waals surface area contributed by atoms with E-state index in [4.69, 9.17) is 18.9 Å². The second-order valence-corrected chi connectivity index (χ2v) is 15.6. The molecule has 5 heteroatoms. The topological polar surface area (TPSA) is 54.0 Å². The van der Waals surface area contributed by atoms with Crippen molar-refractivity contribution in [2.75, 3.05) is 20.3 Å². The van der Waals surface area contributed by atoms with Gasteiger partial charge in [0.25, 0.3) is 0 Å². The molecule has 0 bridgehead atoms. The molecule has 3 aliphatic rings. The van der Waals surface area contributed by atoms with Crippen molar-refractivity contribution in [3.63, 3.8) is 0 Å². The van der Waals surface area contributed by atoms with Gasteiger partial charge in [-0.25, -0.2) is 0 Å². The molecule has 0 saturated carbocycles. The van der Waals surface area contributed by atoms with E-state index >= 15 is 0 Å². The first kappa shape index (κ1) is 44.1. The van der Waals surface area contributed by atoms with Gasteiger partial charge >= 0.3 is 5.97 Å². The minimum atomic E-state index is -0.820. The first-order chi connectivity index (χ1) is 28.3. The average Bonchev–Trinajstić information content (AvgIpc) is 3.36. The zero-order valence-electron chi connectivity index (χ0n) is 35.9. The monoisotopic (exact) mass is 782 g/mol. The van der Waals surface area contributed by atoms with Gasteiger partial charge < -0.3 is 18.9 Å². The van der Waals surface area contributed by atoms with Crippen LogP contribution < -0.4 is 9.47 Å². The Morgan fingerprint density at radius 3 is 2.38 bits per heavy atom. The molecule has 0 spiro atoms. The lowest BCUT2D eigenvalue weighted by molar-refractivity contribution is -0.143. The summed E-state index contributed by atoms with van der Waals surface area (Å²) >= 11 is 0. The van der Waals surface area contributed by atoms with E-state index in [0.717, 1.165) is 54.7 Å². The van der Waals surface area contributed by atoms with Crippen LogP contribution in [0.15, 0.2) is 116 Å². The second-order valence-electron chi connectivity index (χ2n) is 15.6. The summed E-state index contributed by atoms with van der Waals surface area (Å²) in [5.74, 6) is 2.14. The number of esters is 1. The van der Waals surface area contributed by atoms with Gasteiger partial charge in [-0.15, -0.1) is 0 Å². The molecule has 1 aliphatic heterocycles. The standard InChI is InChI=1S/C53H66O5/c1-8-13-16-17-18-22-35-52(34-15-10-3)47(28-14-9-2)40(6)49-44-26-20-19-21-27-45(44)51-46(50(49)52)33-37-53(58-51,36-23-25-42(55-7)24-11-4)41-29-31-43(32-30-41)56-38-39-57-48(54)12-5/h9,11,14,19-21,23-25,27-33,37H,2,4,8,10,12-13,15-18,22,26,34-36,38-39H2,1,3,5-7H3/b25-23-,28-14-,42-24+. The summed E-state index contributed by atoms with van der Waals surface area (Å²) in [5, 5.41) is 0. The molecule has 2 aromatic rings. The van der Waals surface area contributed by atoms with E-state index in [-0.39, 0.29) is 24.6 Å². The smallest absolute Gasteiger partial charge is 0.305 e. The second kappa shape index (κ2) is 21.6. The summed E-state index contributed by atoms with van der Waals surface area (Å²) < 4.78 is 24.4. The molecule has 0 N–H and O–H groups in total. The van der Waals surface area contributed by atoms with Crippen LogP contribution in [0.3, 0.4) is 0 Å². The lowest BCUT2D eigenvalue weighted by Gasteiger charge is -2.40. The van der Waals surface area contributed by atoms with Gasteiger partial charge in [-0.2, -0.15) is 0 Å². The number of carbonyl (C=O) groups is 1. The molecule has 0 amide bonds. The van der Waals surface area contributed by atoms with Crippen LogP contribution in [0.5, 0.6) is 11.5 Å². The van der Waals surface area contributed by atoms with E-state index in [1.807, 2.05) is 30.4 Å².